The first-order chi connectivity index (χ1) is 12.3. The van der Waals surface area contributed by atoms with E-state index in [0.717, 1.165) is 27.7 Å². The van der Waals surface area contributed by atoms with Crippen LogP contribution in [-0.2, 0) is 0 Å². The molecule has 2 heterocycles. The van der Waals surface area contributed by atoms with E-state index >= 15 is 0 Å². The van der Waals surface area contributed by atoms with E-state index in [-0.39, 0.29) is 0 Å². The minimum absolute atomic E-state index is 0.567. The van der Waals surface area contributed by atoms with E-state index in [0.29, 0.717) is 17.2 Å². The Morgan fingerprint density at radius 2 is 1.56 bits per heavy atom. The number of para-hydroxylation sites is 1. The molecule has 0 fully saturated rings. The molecule has 1 N–H and O–H groups in total. The average Bonchev–Trinajstić information content (AvgIpc) is 3.05. The minimum atomic E-state index is 0.567. The molecule has 0 unspecified atom stereocenters. The lowest BCUT2D eigenvalue weighted by Gasteiger charge is -2.14. The average molecular weight is 334 g/mol. The van der Waals surface area contributed by atoms with Crippen LogP contribution in [0.4, 0.5) is 0 Å². The van der Waals surface area contributed by atoms with E-state index in [9.17, 15) is 0 Å². The molecule has 0 aliphatic rings. The van der Waals surface area contributed by atoms with E-state index in [4.69, 9.17) is 14.2 Å². The molecule has 0 aliphatic heterocycles. The predicted molar refractivity (Wildman–Crippen MR) is 98.7 cm³/mol. The summed E-state index contributed by atoms with van der Waals surface area (Å²) in [5.74, 6) is 1.77. The number of methoxy groups -OCH3 is 3. The van der Waals surface area contributed by atoms with Crippen LogP contribution in [-0.4, -0.2) is 31.3 Å². The maximum absolute atomic E-state index is 5.47. The highest BCUT2D eigenvalue weighted by atomic mass is 16.5. The van der Waals surface area contributed by atoms with Gasteiger partial charge in [-0.05, 0) is 24.3 Å². The fraction of sp³-hybridized carbons (Fsp3) is 0.150. The van der Waals surface area contributed by atoms with Gasteiger partial charge < -0.3 is 19.2 Å². The molecular formula is C20H18N2O3. The zero-order valence-electron chi connectivity index (χ0n) is 14.3. The molecule has 126 valence electrons. The monoisotopic (exact) mass is 334 g/mol. The van der Waals surface area contributed by atoms with Gasteiger partial charge in [-0.15, -0.1) is 0 Å². The van der Waals surface area contributed by atoms with Crippen molar-refractivity contribution < 1.29 is 14.2 Å². The van der Waals surface area contributed by atoms with E-state index in [2.05, 4.69) is 22.1 Å². The summed E-state index contributed by atoms with van der Waals surface area (Å²) in [6, 6.07) is 14.1. The molecule has 0 spiro atoms. The molecule has 0 atom stereocenters. The maximum atomic E-state index is 5.47. The highest BCUT2D eigenvalue weighted by molar-refractivity contribution is 6.11. The summed E-state index contributed by atoms with van der Waals surface area (Å²) in [7, 11) is 4.81. The SMILES string of the molecule is COc1cc(-c2nccc3c2[nH]c2ccccc23)cc(OC)c1OC. The first kappa shape index (κ1) is 15.3. The van der Waals surface area contributed by atoms with Gasteiger partial charge in [0.2, 0.25) is 5.75 Å². The van der Waals surface area contributed by atoms with E-state index < -0.39 is 0 Å². The van der Waals surface area contributed by atoms with Gasteiger partial charge in [-0.1, -0.05) is 18.2 Å². The maximum Gasteiger partial charge on any atom is 0.203 e. The third-order valence-corrected chi connectivity index (χ3v) is 4.37. The summed E-state index contributed by atoms with van der Waals surface area (Å²) in [6.07, 6.45) is 1.82. The van der Waals surface area contributed by atoms with Crippen molar-refractivity contribution in [1.82, 2.24) is 9.97 Å². The van der Waals surface area contributed by atoms with Crippen molar-refractivity contribution in [2.75, 3.05) is 21.3 Å². The number of hydrogen-bond donors (Lipinski definition) is 1. The summed E-state index contributed by atoms with van der Waals surface area (Å²) < 4.78 is 16.3. The first-order valence-electron chi connectivity index (χ1n) is 7.92. The molecule has 0 aliphatic carbocycles. The Balaban J connectivity index is 2.01. The molecule has 0 saturated heterocycles. The summed E-state index contributed by atoms with van der Waals surface area (Å²) in [5.41, 5.74) is 3.80. The van der Waals surface area contributed by atoms with Crippen molar-refractivity contribution >= 4 is 21.8 Å². The smallest absolute Gasteiger partial charge is 0.203 e. The topological polar surface area (TPSA) is 56.4 Å². The number of fused-ring (bicyclic) bond motifs is 3. The number of H-pyrrole nitrogens is 1. The fourth-order valence-corrected chi connectivity index (χ4v) is 3.21. The number of pyridine rings is 1. The Bertz CT molecular complexity index is 1040. The van der Waals surface area contributed by atoms with Crippen LogP contribution in [0, 0.1) is 0 Å². The van der Waals surface area contributed by atoms with Gasteiger partial charge in [0.1, 0.15) is 0 Å². The second kappa shape index (κ2) is 6.02. The van der Waals surface area contributed by atoms with Gasteiger partial charge in [-0.3, -0.25) is 4.98 Å². The van der Waals surface area contributed by atoms with Crippen molar-refractivity contribution in [3.05, 3.63) is 48.7 Å². The lowest BCUT2D eigenvalue weighted by molar-refractivity contribution is 0.324. The Kier molecular flexibility index (Phi) is 3.69. The number of hydrogen-bond acceptors (Lipinski definition) is 4. The van der Waals surface area contributed by atoms with Gasteiger partial charge >= 0.3 is 0 Å². The highest BCUT2D eigenvalue weighted by Crippen LogP contribution is 2.42. The lowest BCUT2D eigenvalue weighted by Crippen LogP contribution is -1.96. The van der Waals surface area contributed by atoms with Crippen LogP contribution in [0.3, 0.4) is 0 Å². The van der Waals surface area contributed by atoms with Crippen LogP contribution < -0.4 is 14.2 Å². The third kappa shape index (κ3) is 2.36. The largest absolute Gasteiger partial charge is 0.493 e. The molecule has 0 bridgehead atoms. The quantitative estimate of drug-likeness (QED) is 0.601. The van der Waals surface area contributed by atoms with Gasteiger partial charge in [-0.25, -0.2) is 0 Å². The van der Waals surface area contributed by atoms with Gasteiger partial charge in [-0.2, -0.15) is 0 Å². The van der Waals surface area contributed by atoms with Crippen LogP contribution in [0.15, 0.2) is 48.7 Å². The zero-order chi connectivity index (χ0) is 17.4. The van der Waals surface area contributed by atoms with E-state index in [1.54, 1.807) is 21.3 Å². The molecule has 2 aromatic heterocycles. The summed E-state index contributed by atoms with van der Waals surface area (Å²) in [6.45, 7) is 0. The Morgan fingerprint density at radius 1 is 0.840 bits per heavy atom. The Labute approximate surface area is 145 Å². The van der Waals surface area contributed by atoms with Crippen LogP contribution in [0.1, 0.15) is 0 Å². The molecule has 4 rings (SSSR count). The van der Waals surface area contributed by atoms with Crippen LogP contribution in [0.5, 0.6) is 17.2 Å². The minimum Gasteiger partial charge on any atom is -0.493 e. The van der Waals surface area contributed by atoms with Crippen molar-refractivity contribution in [1.29, 1.82) is 0 Å². The first-order valence-corrected chi connectivity index (χ1v) is 7.92. The van der Waals surface area contributed by atoms with Gasteiger partial charge in [0.15, 0.2) is 11.5 Å². The van der Waals surface area contributed by atoms with E-state index in [1.807, 2.05) is 36.5 Å². The number of nitrogens with one attached hydrogen (secondary N) is 1. The summed E-state index contributed by atoms with van der Waals surface area (Å²) >= 11 is 0. The van der Waals surface area contributed by atoms with Crippen molar-refractivity contribution in [3.63, 3.8) is 0 Å². The zero-order valence-corrected chi connectivity index (χ0v) is 14.3. The second-order valence-electron chi connectivity index (χ2n) is 5.67. The molecular weight excluding hydrogens is 316 g/mol. The van der Waals surface area contributed by atoms with Crippen LogP contribution in [0.25, 0.3) is 33.1 Å². The van der Waals surface area contributed by atoms with Crippen molar-refractivity contribution in [2.24, 2.45) is 0 Å². The molecule has 0 radical (unpaired) electrons. The number of ether oxygens (including phenoxy) is 3. The lowest BCUT2D eigenvalue weighted by atomic mass is 10.1. The van der Waals surface area contributed by atoms with Crippen molar-refractivity contribution in [3.8, 4) is 28.5 Å². The number of nitrogens with zero attached hydrogens (tertiary/aromatic N) is 1. The van der Waals surface area contributed by atoms with Gasteiger partial charge in [0, 0.05) is 28.0 Å². The number of aromatic amines is 1. The molecule has 5 nitrogen and oxygen atoms in total. The molecule has 0 amide bonds. The molecule has 25 heavy (non-hydrogen) atoms. The summed E-state index contributed by atoms with van der Waals surface area (Å²) in [4.78, 5) is 8.07. The van der Waals surface area contributed by atoms with Crippen LogP contribution in [0.2, 0.25) is 0 Å². The fourth-order valence-electron chi connectivity index (χ4n) is 3.21. The molecule has 4 aromatic rings. The standard InChI is InChI=1S/C20H18N2O3/c1-23-16-10-12(11-17(24-2)20(16)25-3)18-19-14(8-9-21-18)13-6-4-5-7-15(13)22-19/h4-11,22H,1-3H3. The number of benzene rings is 2. The van der Waals surface area contributed by atoms with E-state index in [1.165, 1.54) is 5.39 Å². The van der Waals surface area contributed by atoms with Gasteiger partial charge in [0.25, 0.3) is 0 Å². The summed E-state index contributed by atoms with van der Waals surface area (Å²) in [5, 5.41) is 2.31. The second-order valence-corrected chi connectivity index (χ2v) is 5.67. The van der Waals surface area contributed by atoms with Crippen molar-refractivity contribution in [2.45, 2.75) is 0 Å². The Hall–Kier alpha value is -3.21. The Morgan fingerprint density at radius 3 is 2.24 bits per heavy atom. The number of rotatable bonds is 4. The third-order valence-electron chi connectivity index (χ3n) is 4.37. The molecule has 2 aromatic carbocycles. The highest BCUT2D eigenvalue weighted by Gasteiger charge is 2.17. The normalized spacial score (nSPS) is 11.0. The molecule has 0 saturated carbocycles. The predicted octanol–water partition coefficient (Wildman–Crippen LogP) is 4.41. The van der Waals surface area contributed by atoms with Gasteiger partial charge in [0.05, 0.1) is 32.5 Å². The number of aromatic nitrogens is 2. The molecule has 5 heteroatoms. The van der Waals surface area contributed by atoms with Crippen LogP contribution >= 0.6 is 0 Å².